The van der Waals surface area contributed by atoms with Crippen LogP contribution in [0.15, 0.2) is 11.4 Å². The molecule has 1 aromatic heterocycles. The molecule has 1 nitrogen and oxygen atoms in total. The Bertz CT molecular complexity index is 185. The Labute approximate surface area is 57.0 Å². The highest BCUT2D eigenvalue weighted by atomic mass is 32.1. The molecule has 1 rings (SSSR count). The SMILES string of the molecule is Cc1ccsc1COF. The van der Waals surface area contributed by atoms with Crippen LogP contribution in [0.25, 0.3) is 0 Å². The second-order valence-corrected chi connectivity index (χ2v) is 2.78. The molecule has 0 aliphatic heterocycles. The fourth-order valence-corrected chi connectivity index (χ4v) is 1.40. The van der Waals surface area contributed by atoms with Crippen molar-refractivity contribution in [1.29, 1.82) is 0 Å². The molecule has 0 aliphatic carbocycles. The Morgan fingerprint density at radius 1 is 1.78 bits per heavy atom. The average Bonchev–Trinajstić information content (AvgIpc) is 2.18. The Balaban J connectivity index is 2.69. The van der Waals surface area contributed by atoms with Crippen LogP contribution in [0.2, 0.25) is 0 Å². The predicted octanol–water partition coefficient (Wildman–Crippen LogP) is 2.46. The van der Waals surface area contributed by atoms with Gasteiger partial charge in [-0.1, -0.05) is 0 Å². The lowest BCUT2D eigenvalue weighted by Gasteiger charge is -1.90. The van der Waals surface area contributed by atoms with Crippen LogP contribution in [0, 0.1) is 6.92 Å². The molecule has 1 heterocycles. The highest BCUT2D eigenvalue weighted by molar-refractivity contribution is 7.10. The van der Waals surface area contributed by atoms with Gasteiger partial charge in [-0.3, -0.25) is 0 Å². The number of hydrogen-bond donors (Lipinski definition) is 0. The molecule has 50 valence electrons. The molecule has 0 radical (unpaired) electrons. The highest BCUT2D eigenvalue weighted by Gasteiger charge is 1.97. The lowest BCUT2D eigenvalue weighted by atomic mass is 10.3. The van der Waals surface area contributed by atoms with Gasteiger partial charge in [0.1, 0.15) is 6.61 Å². The van der Waals surface area contributed by atoms with Gasteiger partial charge in [0.25, 0.3) is 0 Å². The van der Waals surface area contributed by atoms with E-state index in [1.807, 2.05) is 18.4 Å². The van der Waals surface area contributed by atoms with E-state index in [-0.39, 0.29) is 6.61 Å². The Kier molecular flexibility index (Phi) is 2.19. The number of halogens is 1. The predicted molar refractivity (Wildman–Crippen MR) is 35.0 cm³/mol. The molecular formula is C6H7FOS. The summed E-state index contributed by atoms with van der Waals surface area (Å²) in [6.45, 7) is 2.02. The van der Waals surface area contributed by atoms with Crippen LogP contribution in [0.5, 0.6) is 0 Å². The fourth-order valence-electron chi connectivity index (χ4n) is 0.602. The maximum Gasteiger partial charge on any atom is 0.122 e. The Hall–Kier alpha value is -0.410. The summed E-state index contributed by atoms with van der Waals surface area (Å²) >= 11 is 1.51. The van der Waals surface area contributed by atoms with Gasteiger partial charge >= 0.3 is 0 Å². The summed E-state index contributed by atoms with van der Waals surface area (Å²) in [7, 11) is 0. The van der Waals surface area contributed by atoms with Crippen LogP contribution >= 0.6 is 11.3 Å². The van der Waals surface area contributed by atoms with E-state index in [1.165, 1.54) is 11.3 Å². The van der Waals surface area contributed by atoms with E-state index in [1.54, 1.807) is 0 Å². The quantitative estimate of drug-likeness (QED) is 0.622. The minimum atomic E-state index is 0.0868. The smallest absolute Gasteiger partial charge is 0.122 e. The monoisotopic (exact) mass is 146 g/mol. The minimum Gasteiger partial charge on any atom is -0.189 e. The molecule has 0 aromatic carbocycles. The van der Waals surface area contributed by atoms with E-state index >= 15 is 0 Å². The standard InChI is InChI=1S/C6H7FOS/c1-5-2-3-9-6(5)4-8-7/h2-3H,4H2,1H3. The van der Waals surface area contributed by atoms with Gasteiger partial charge in [0.2, 0.25) is 0 Å². The average molecular weight is 146 g/mol. The molecule has 3 heteroatoms. The van der Waals surface area contributed by atoms with E-state index in [0.29, 0.717) is 0 Å². The van der Waals surface area contributed by atoms with E-state index in [9.17, 15) is 4.53 Å². The molecule has 0 amide bonds. The Morgan fingerprint density at radius 2 is 2.56 bits per heavy atom. The zero-order valence-electron chi connectivity index (χ0n) is 5.06. The third-order valence-corrected chi connectivity index (χ3v) is 2.15. The molecule has 0 unspecified atom stereocenters. The van der Waals surface area contributed by atoms with Crippen molar-refractivity contribution in [2.24, 2.45) is 0 Å². The van der Waals surface area contributed by atoms with Gasteiger partial charge in [0.05, 0.1) is 0 Å². The summed E-state index contributed by atoms with van der Waals surface area (Å²) < 4.78 is 11.2. The second kappa shape index (κ2) is 2.94. The molecule has 0 bridgehead atoms. The van der Waals surface area contributed by atoms with Crippen molar-refractivity contribution in [3.63, 3.8) is 0 Å². The van der Waals surface area contributed by atoms with Crippen LogP contribution in [0.3, 0.4) is 0 Å². The molecule has 0 saturated carbocycles. The first kappa shape index (κ1) is 6.71. The number of rotatable bonds is 2. The maximum atomic E-state index is 11.2. The summed E-state index contributed by atoms with van der Waals surface area (Å²) in [6.07, 6.45) is 0. The van der Waals surface area contributed by atoms with Crippen molar-refractivity contribution < 1.29 is 9.47 Å². The lowest BCUT2D eigenvalue weighted by Crippen LogP contribution is -1.80. The van der Waals surface area contributed by atoms with Crippen molar-refractivity contribution in [2.75, 3.05) is 0 Å². The topological polar surface area (TPSA) is 9.23 Å². The first-order valence-electron chi connectivity index (χ1n) is 2.61. The highest BCUT2D eigenvalue weighted by Crippen LogP contribution is 2.16. The summed E-state index contributed by atoms with van der Waals surface area (Å²) in [4.78, 5) is 4.43. The van der Waals surface area contributed by atoms with Crippen molar-refractivity contribution in [3.8, 4) is 0 Å². The van der Waals surface area contributed by atoms with E-state index < -0.39 is 0 Å². The van der Waals surface area contributed by atoms with Crippen molar-refractivity contribution in [3.05, 3.63) is 21.9 Å². The van der Waals surface area contributed by atoms with Crippen molar-refractivity contribution in [1.82, 2.24) is 0 Å². The molecule has 0 N–H and O–H groups in total. The number of hydrogen-bond acceptors (Lipinski definition) is 2. The summed E-state index contributed by atoms with van der Waals surface area (Å²) in [5.74, 6) is 0. The third-order valence-electron chi connectivity index (χ3n) is 1.15. The molecule has 0 spiro atoms. The van der Waals surface area contributed by atoms with Gasteiger partial charge in [-0.2, -0.15) is 4.94 Å². The molecule has 0 saturated heterocycles. The van der Waals surface area contributed by atoms with E-state index in [2.05, 4.69) is 4.94 Å². The van der Waals surface area contributed by atoms with Crippen molar-refractivity contribution >= 4 is 11.3 Å². The van der Waals surface area contributed by atoms with E-state index in [4.69, 9.17) is 0 Å². The van der Waals surface area contributed by atoms with Crippen molar-refractivity contribution in [2.45, 2.75) is 13.5 Å². The zero-order valence-corrected chi connectivity index (χ0v) is 5.87. The third kappa shape index (κ3) is 1.50. The summed E-state index contributed by atoms with van der Waals surface area (Å²) in [5, 5.41) is 1.92. The van der Waals surface area contributed by atoms with Gasteiger partial charge in [-0.25, -0.2) is 0 Å². The van der Waals surface area contributed by atoms with Crippen LogP contribution in [-0.4, -0.2) is 0 Å². The molecule has 1 aromatic rings. The van der Waals surface area contributed by atoms with Crippen LogP contribution in [-0.2, 0) is 11.5 Å². The van der Waals surface area contributed by atoms with Crippen LogP contribution in [0.1, 0.15) is 10.4 Å². The van der Waals surface area contributed by atoms with Gasteiger partial charge in [-0.15, -0.1) is 11.3 Å². The minimum absolute atomic E-state index is 0.0868. The maximum absolute atomic E-state index is 11.2. The zero-order chi connectivity index (χ0) is 6.69. The first-order valence-corrected chi connectivity index (χ1v) is 3.49. The second-order valence-electron chi connectivity index (χ2n) is 1.78. The first-order chi connectivity index (χ1) is 4.34. The summed E-state index contributed by atoms with van der Waals surface area (Å²) in [5.41, 5.74) is 1.10. The van der Waals surface area contributed by atoms with Crippen LogP contribution in [0.4, 0.5) is 4.53 Å². The normalized spacial score (nSPS) is 10.0. The molecule has 0 atom stereocenters. The number of thiophene rings is 1. The lowest BCUT2D eigenvalue weighted by molar-refractivity contribution is -0.143. The van der Waals surface area contributed by atoms with Gasteiger partial charge in [0.15, 0.2) is 0 Å². The molecule has 0 fully saturated rings. The largest absolute Gasteiger partial charge is 0.189 e. The van der Waals surface area contributed by atoms with Gasteiger partial charge in [0, 0.05) is 4.88 Å². The van der Waals surface area contributed by atoms with Gasteiger partial charge in [-0.05, 0) is 28.5 Å². The molecule has 0 aliphatic rings. The molecular weight excluding hydrogens is 139 g/mol. The summed E-state index contributed by atoms with van der Waals surface area (Å²) in [6, 6.07) is 1.94. The van der Waals surface area contributed by atoms with Crippen LogP contribution < -0.4 is 0 Å². The number of aryl methyl sites for hydroxylation is 1. The Morgan fingerprint density at radius 3 is 3.00 bits per heavy atom. The fraction of sp³-hybridized carbons (Fsp3) is 0.333. The van der Waals surface area contributed by atoms with Gasteiger partial charge < -0.3 is 0 Å². The molecule has 9 heavy (non-hydrogen) atoms. The van der Waals surface area contributed by atoms with E-state index in [0.717, 1.165) is 10.4 Å².